The molecule has 7 heteroatoms. The van der Waals surface area contributed by atoms with Crippen molar-refractivity contribution >= 4 is 34.3 Å². The summed E-state index contributed by atoms with van der Waals surface area (Å²) in [5.74, 6) is -0.761. The Balaban J connectivity index is 1.76. The van der Waals surface area contributed by atoms with Crippen LogP contribution in [0.4, 0.5) is 10.5 Å². The molecular weight excluding hydrogens is 392 g/mol. The zero-order valence-corrected chi connectivity index (χ0v) is 17.6. The van der Waals surface area contributed by atoms with E-state index < -0.39 is 18.0 Å². The van der Waals surface area contributed by atoms with E-state index in [1.54, 1.807) is 31.0 Å². The normalized spacial score (nSPS) is 11.7. The number of nitrogens with zero attached hydrogens (tertiary/aromatic N) is 1. The maximum Gasteiger partial charge on any atom is 0.321 e. The molecule has 0 spiro atoms. The van der Waals surface area contributed by atoms with Crippen molar-refractivity contribution in [2.24, 2.45) is 0 Å². The van der Waals surface area contributed by atoms with Crippen LogP contribution in [0.1, 0.15) is 18.5 Å². The monoisotopic (exact) mass is 418 g/mol. The number of carbonyl (C=O) groups excluding carboxylic acids is 3. The fourth-order valence-corrected chi connectivity index (χ4v) is 3.47. The van der Waals surface area contributed by atoms with Crippen molar-refractivity contribution in [3.63, 3.8) is 0 Å². The van der Waals surface area contributed by atoms with Crippen molar-refractivity contribution in [3.8, 4) is 0 Å². The number of urea groups is 1. The van der Waals surface area contributed by atoms with Crippen LogP contribution < -0.4 is 16.0 Å². The molecule has 1 atom stereocenters. The van der Waals surface area contributed by atoms with Crippen molar-refractivity contribution in [2.75, 3.05) is 25.5 Å². The highest BCUT2D eigenvalue weighted by atomic mass is 16.2. The van der Waals surface area contributed by atoms with Gasteiger partial charge in [0.1, 0.15) is 6.04 Å². The summed E-state index contributed by atoms with van der Waals surface area (Å²) >= 11 is 0. The molecule has 0 aromatic heterocycles. The van der Waals surface area contributed by atoms with Gasteiger partial charge in [0.15, 0.2) is 0 Å². The van der Waals surface area contributed by atoms with Gasteiger partial charge >= 0.3 is 6.03 Å². The van der Waals surface area contributed by atoms with E-state index in [1.165, 1.54) is 0 Å². The average molecular weight is 418 g/mol. The Kier molecular flexibility index (Phi) is 7.35. The Bertz CT molecular complexity index is 1060. The maximum absolute atomic E-state index is 12.8. The minimum atomic E-state index is -0.804. The number of likely N-dealkylation sites (N-methyl/N-ethyl adjacent to an activating group) is 1. The van der Waals surface area contributed by atoms with Crippen molar-refractivity contribution in [2.45, 2.75) is 13.0 Å². The van der Waals surface area contributed by atoms with Crippen LogP contribution in [-0.2, 0) is 9.59 Å². The van der Waals surface area contributed by atoms with E-state index in [9.17, 15) is 14.4 Å². The highest BCUT2D eigenvalue weighted by molar-refractivity contribution is 6.03. The zero-order valence-electron chi connectivity index (χ0n) is 17.6. The molecule has 3 aromatic carbocycles. The topological polar surface area (TPSA) is 90.5 Å². The lowest BCUT2D eigenvalue weighted by molar-refractivity contribution is -0.126. The largest absolute Gasteiger partial charge is 0.338 e. The van der Waals surface area contributed by atoms with Gasteiger partial charge in [0.2, 0.25) is 11.8 Å². The summed E-state index contributed by atoms with van der Waals surface area (Å²) in [5, 5.41) is 9.78. The second-order valence-electron chi connectivity index (χ2n) is 7.15. The van der Waals surface area contributed by atoms with Gasteiger partial charge < -0.3 is 10.6 Å². The first-order chi connectivity index (χ1) is 15.0. The number of hydrogen-bond acceptors (Lipinski definition) is 4. The van der Waals surface area contributed by atoms with Crippen LogP contribution in [0, 0.1) is 0 Å². The molecule has 0 saturated carbocycles. The summed E-state index contributed by atoms with van der Waals surface area (Å²) in [6.45, 7) is 2.13. The summed E-state index contributed by atoms with van der Waals surface area (Å²) < 4.78 is 0. The number of fused-ring (bicyclic) bond motifs is 1. The zero-order chi connectivity index (χ0) is 22.2. The predicted molar refractivity (Wildman–Crippen MR) is 122 cm³/mol. The van der Waals surface area contributed by atoms with Crippen LogP contribution in [-0.4, -0.2) is 42.9 Å². The fraction of sp³-hybridized carbons (Fsp3) is 0.208. The second-order valence-corrected chi connectivity index (χ2v) is 7.15. The molecule has 0 bridgehead atoms. The van der Waals surface area contributed by atoms with Gasteiger partial charge in [-0.25, -0.2) is 4.79 Å². The third-order valence-corrected chi connectivity index (χ3v) is 4.84. The molecule has 0 aliphatic rings. The first-order valence-electron chi connectivity index (χ1n) is 10.1. The van der Waals surface area contributed by atoms with Crippen molar-refractivity contribution < 1.29 is 14.4 Å². The summed E-state index contributed by atoms with van der Waals surface area (Å²) in [6.07, 6.45) is 0. The van der Waals surface area contributed by atoms with E-state index in [1.807, 2.05) is 60.7 Å². The molecule has 0 heterocycles. The first kappa shape index (κ1) is 22.0. The Morgan fingerprint density at radius 3 is 2.32 bits per heavy atom. The number of benzene rings is 3. The molecule has 0 aliphatic heterocycles. The Hall–Kier alpha value is -3.71. The minimum absolute atomic E-state index is 0.0361. The number of hydrogen-bond donors (Lipinski definition) is 3. The third kappa shape index (κ3) is 5.67. The predicted octanol–water partition coefficient (Wildman–Crippen LogP) is 3.30. The van der Waals surface area contributed by atoms with E-state index in [2.05, 4.69) is 16.0 Å². The van der Waals surface area contributed by atoms with E-state index in [0.29, 0.717) is 17.8 Å². The molecule has 3 aromatic rings. The molecule has 160 valence electrons. The van der Waals surface area contributed by atoms with Gasteiger partial charge in [0, 0.05) is 17.6 Å². The molecule has 0 fully saturated rings. The van der Waals surface area contributed by atoms with Crippen LogP contribution in [0.25, 0.3) is 10.8 Å². The molecule has 0 aliphatic carbocycles. The minimum Gasteiger partial charge on any atom is -0.338 e. The van der Waals surface area contributed by atoms with Crippen LogP contribution in [0.3, 0.4) is 0 Å². The molecule has 31 heavy (non-hydrogen) atoms. The van der Waals surface area contributed by atoms with Gasteiger partial charge in [-0.3, -0.25) is 19.8 Å². The van der Waals surface area contributed by atoms with Crippen molar-refractivity contribution in [1.82, 2.24) is 15.5 Å². The second kappa shape index (κ2) is 10.4. The third-order valence-electron chi connectivity index (χ3n) is 4.84. The number of amides is 4. The van der Waals surface area contributed by atoms with Crippen molar-refractivity contribution in [3.05, 3.63) is 78.4 Å². The summed E-state index contributed by atoms with van der Waals surface area (Å²) in [4.78, 5) is 39.1. The molecule has 4 amide bonds. The molecule has 7 nitrogen and oxygen atoms in total. The van der Waals surface area contributed by atoms with E-state index in [-0.39, 0.29) is 12.5 Å². The van der Waals surface area contributed by atoms with Gasteiger partial charge in [-0.1, -0.05) is 66.7 Å². The summed E-state index contributed by atoms with van der Waals surface area (Å²) in [7, 11) is 1.68. The van der Waals surface area contributed by atoms with Crippen molar-refractivity contribution in [1.29, 1.82) is 0 Å². The van der Waals surface area contributed by atoms with Crippen LogP contribution in [0.5, 0.6) is 0 Å². The van der Waals surface area contributed by atoms with Crippen LogP contribution in [0.2, 0.25) is 0 Å². The van der Waals surface area contributed by atoms with Gasteiger partial charge in [0.05, 0.1) is 6.54 Å². The number of nitrogens with one attached hydrogen (secondary N) is 3. The highest BCUT2D eigenvalue weighted by Crippen LogP contribution is 2.24. The Morgan fingerprint density at radius 1 is 0.903 bits per heavy atom. The molecule has 3 N–H and O–H groups in total. The Labute approximate surface area is 181 Å². The lowest BCUT2D eigenvalue weighted by Gasteiger charge is -2.27. The quantitative estimate of drug-likeness (QED) is 0.549. The van der Waals surface area contributed by atoms with Gasteiger partial charge in [-0.15, -0.1) is 0 Å². The summed E-state index contributed by atoms with van der Waals surface area (Å²) in [5.41, 5.74) is 1.39. The van der Waals surface area contributed by atoms with Gasteiger partial charge in [-0.05, 0) is 31.0 Å². The molecule has 0 radical (unpaired) electrons. The standard InChI is InChI=1S/C24H26N4O3/c1-3-25-24(31)27-23(30)22(18-11-5-4-6-12-18)28(2)16-21(29)26-20-15-9-13-17-10-7-8-14-19(17)20/h4-15,22H,3,16H2,1-2H3,(H,26,29)(H2,25,27,30,31)/t22-/m0/s1. The number of carbonyl (C=O) groups is 3. The molecule has 0 unspecified atom stereocenters. The van der Waals surface area contributed by atoms with Gasteiger partial charge in [-0.2, -0.15) is 0 Å². The maximum atomic E-state index is 12.8. The van der Waals surface area contributed by atoms with E-state index >= 15 is 0 Å². The number of imide groups is 1. The fourth-order valence-electron chi connectivity index (χ4n) is 3.47. The van der Waals surface area contributed by atoms with Gasteiger partial charge in [0.25, 0.3) is 0 Å². The average Bonchev–Trinajstić information content (AvgIpc) is 2.75. The lowest BCUT2D eigenvalue weighted by atomic mass is 10.0. The highest BCUT2D eigenvalue weighted by Gasteiger charge is 2.27. The Morgan fingerprint density at radius 2 is 1.58 bits per heavy atom. The summed E-state index contributed by atoms with van der Waals surface area (Å²) in [6, 6.07) is 21.2. The smallest absolute Gasteiger partial charge is 0.321 e. The SMILES string of the molecule is CCNC(=O)NC(=O)[C@H](c1ccccc1)N(C)CC(=O)Nc1cccc2ccccc12. The first-order valence-corrected chi connectivity index (χ1v) is 10.1. The van der Waals surface area contributed by atoms with E-state index in [0.717, 1.165) is 10.8 Å². The number of anilines is 1. The molecule has 3 rings (SSSR count). The van der Waals surface area contributed by atoms with E-state index in [4.69, 9.17) is 0 Å². The van der Waals surface area contributed by atoms with Crippen LogP contribution >= 0.6 is 0 Å². The van der Waals surface area contributed by atoms with Crippen LogP contribution in [0.15, 0.2) is 72.8 Å². The lowest BCUT2D eigenvalue weighted by Crippen LogP contribution is -2.46. The number of rotatable bonds is 7. The molecule has 0 saturated heterocycles. The molecular formula is C24H26N4O3.